The molecule has 2 aromatic rings. The third kappa shape index (κ3) is 3.97. The van der Waals surface area contributed by atoms with Crippen LogP contribution in [0, 0.1) is 6.92 Å². The van der Waals surface area contributed by atoms with E-state index in [1.807, 2.05) is 6.92 Å². The Labute approximate surface area is 123 Å². The maximum Gasteiger partial charge on any atom is 0.251 e. The van der Waals surface area contributed by atoms with Gasteiger partial charge in [0.1, 0.15) is 0 Å². The normalized spacial score (nSPS) is 11.6. The first-order valence-corrected chi connectivity index (χ1v) is 7.63. The first kappa shape index (κ1) is 14.9. The van der Waals surface area contributed by atoms with Crippen LogP contribution in [-0.2, 0) is 11.2 Å². The van der Waals surface area contributed by atoms with Gasteiger partial charge in [0, 0.05) is 17.5 Å². The van der Waals surface area contributed by atoms with Crippen LogP contribution >= 0.6 is 11.8 Å². The Hall–Kier alpha value is -1.55. The molecule has 0 saturated heterocycles. The molecule has 2 rings (SSSR count). The third-order valence-corrected chi connectivity index (χ3v) is 3.99. The van der Waals surface area contributed by atoms with Crippen LogP contribution in [0.4, 0.5) is 0 Å². The van der Waals surface area contributed by atoms with Gasteiger partial charge >= 0.3 is 0 Å². The van der Waals surface area contributed by atoms with Gasteiger partial charge in [0.25, 0.3) is 5.56 Å². The Morgan fingerprint density at radius 2 is 1.85 bits per heavy atom. The number of thioether (sulfide) groups is 1. The topological polar surface area (TPSA) is 45.8 Å². The lowest BCUT2D eigenvalue weighted by Gasteiger charge is -2.19. The smallest absolute Gasteiger partial charge is 0.251 e. The van der Waals surface area contributed by atoms with E-state index in [2.05, 4.69) is 55.0 Å². The van der Waals surface area contributed by atoms with Gasteiger partial charge in [-0.2, -0.15) is 0 Å². The number of rotatable bonds is 3. The Balaban J connectivity index is 2.06. The highest BCUT2D eigenvalue weighted by Gasteiger charge is 2.12. The highest BCUT2D eigenvalue weighted by atomic mass is 32.2. The van der Waals surface area contributed by atoms with E-state index in [0.29, 0.717) is 5.16 Å². The zero-order chi connectivity index (χ0) is 14.8. The Kier molecular flexibility index (Phi) is 4.33. The van der Waals surface area contributed by atoms with Crippen LogP contribution in [0.25, 0.3) is 0 Å². The molecule has 0 bridgehead atoms. The minimum Gasteiger partial charge on any atom is -0.301 e. The summed E-state index contributed by atoms with van der Waals surface area (Å²) >= 11 is 1.55. The summed E-state index contributed by atoms with van der Waals surface area (Å²) in [4.78, 5) is 18.4. The number of nitrogens with one attached hydrogen (secondary N) is 1. The van der Waals surface area contributed by atoms with E-state index in [9.17, 15) is 4.79 Å². The molecule has 0 fully saturated rings. The van der Waals surface area contributed by atoms with Crippen LogP contribution < -0.4 is 5.56 Å². The summed E-state index contributed by atoms with van der Waals surface area (Å²) in [6.07, 6.45) is 0. The molecule has 0 aliphatic carbocycles. The fourth-order valence-electron chi connectivity index (χ4n) is 1.87. The quantitative estimate of drug-likeness (QED) is 0.692. The Bertz CT molecular complexity index is 639. The van der Waals surface area contributed by atoms with Crippen molar-refractivity contribution < 1.29 is 0 Å². The molecule has 20 heavy (non-hydrogen) atoms. The van der Waals surface area contributed by atoms with Crippen LogP contribution in [0.3, 0.4) is 0 Å². The van der Waals surface area contributed by atoms with E-state index in [1.165, 1.54) is 17.2 Å². The van der Waals surface area contributed by atoms with Crippen LogP contribution in [0.15, 0.2) is 40.3 Å². The van der Waals surface area contributed by atoms with Gasteiger partial charge in [0.2, 0.25) is 0 Å². The predicted molar refractivity (Wildman–Crippen MR) is 84.3 cm³/mol. The fourth-order valence-corrected chi connectivity index (χ4v) is 2.75. The first-order valence-electron chi connectivity index (χ1n) is 6.65. The maximum absolute atomic E-state index is 11.4. The van der Waals surface area contributed by atoms with Crippen molar-refractivity contribution in [1.29, 1.82) is 0 Å². The lowest BCUT2D eigenvalue weighted by molar-refractivity contribution is 0.590. The summed E-state index contributed by atoms with van der Waals surface area (Å²) in [6, 6.07) is 10.1. The molecule has 1 heterocycles. The average Bonchev–Trinajstić information content (AvgIpc) is 2.35. The molecule has 0 amide bonds. The first-order chi connectivity index (χ1) is 9.34. The number of aromatic amines is 1. The summed E-state index contributed by atoms with van der Waals surface area (Å²) in [7, 11) is 0. The summed E-state index contributed by atoms with van der Waals surface area (Å²) in [5.74, 6) is 0.802. The van der Waals surface area contributed by atoms with E-state index in [-0.39, 0.29) is 11.0 Å². The number of aromatic nitrogens is 2. The van der Waals surface area contributed by atoms with Gasteiger partial charge in [-0.3, -0.25) is 4.79 Å². The van der Waals surface area contributed by atoms with Crippen molar-refractivity contribution in [3.8, 4) is 0 Å². The SMILES string of the molecule is Cc1cc(=O)[nH]c(SCc2ccc(C(C)(C)C)cc2)n1. The second kappa shape index (κ2) is 5.83. The van der Waals surface area contributed by atoms with Crippen LogP contribution in [0.1, 0.15) is 37.6 Å². The third-order valence-electron chi connectivity index (χ3n) is 3.04. The van der Waals surface area contributed by atoms with Gasteiger partial charge in [0.15, 0.2) is 5.16 Å². The van der Waals surface area contributed by atoms with E-state index in [1.54, 1.807) is 11.8 Å². The molecule has 4 heteroatoms. The molecule has 0 unspecified atom stereocenters. The molecule has 1 aromatic heterocycles. The Morgan fingerprint density at radius 3 is 2.40 bits per heavy atom. The number of aryl methyl sites for hydroxylation is 1. The number of hydrogen-bond donors (Lipinski definition) is 1. The maximum atomic E-state index is 11.4. The minimum absolute atomic E-state index is 0.0944. The number of benzene rings is 1. The highest BCUT2D eigenvalue weighted by Crippen LogP contribution is 2.24. The van der Waals surface area contributed by atoms with Crippen molar-refractivity contribution in [2.24, 2.45) is 0 Å². The van der Waals surface area contributed by atoms with Crippen LogP contribution in [0.2, 0.25) is 0 Å². The number of H-pyrrole nitrogens is 1. The lowest BCUT2D eigenvalue weighted by atomic mass is 9.87. The second-order valence-corrected chi connectivity index (χ2v) is 6.89. The molecule has 1 aromatic carbocycles. The fraction of sp³-hybridized carbons (Fsp3) is 0.375. The molecular formula is C16H20N2OS. The van der Waals surface area contributed by atoms with Gasteiger partial charge < -0.3 is 4.98 Å². The molecule has 0 aliphatic rings. The standard InChI is InChI=1S/C16H20N2OS/c1-11-9-14(19)18-15(17-11)20-10-12-5-7-13(8-6-12)16(2,3)4/h5-9H,10H2,1-4H3,(H,17,18,19). The molecule has 0 atom stereocenters. The largest absolute Gasteiger partial charge is 0.301 e. The molecule has 3 nitrogen and oxygen atoms in total. The molecule has 0 saturated carbocycles. The molecular weight excluding hydrogens is 268 g/mol. The second-order valence-electron chi connectivity index (χ2n) is 5.93. The van der Waals surface area contributed by atoms with Crippen LogP contribution in [-0.4, -0.2) is 9.97 Å². The lowest BCUT2D eigenvalue weighted by Crippen LogP contribution is -2.10. The van der Waals surface area contributed by atoms with Crippen molar-refractivity contribution in [3.63, 3.8) is 0 Å². The monoisotopic (exact) mass is 288 g/mol. The van der Waals surface area contributed by atoms with Gasteiger partial charge in [-0.25, -0.2) is 4.98 Å². The number of hydrogen-bond acceptors (Lipinski definition) is 3. The van der Waals surface area contributed by atoms with Crippen molar-refractivity contribution in [2.75, 3.05) is 0 Å². The van der Waals surface area contributed by atoms with Gasteiger partial charge in [-0.05, 0) is 23.5 Å². The molecule has 0 aliphatic heterocycles. The number of nitrogens with zero attached hydrogens (tertiary/aromatic N) is 1. The Morgan fingerprint density at radius 1 is 1.20 bits per heavy atom. The molecule has 0 radical (unpaired) electrons. The zero-order valence-electron chi connectivity index (χ0n) is 12.4. The molecule has 0 spiro atoms. The average molecular weight is 288 g/mol. The van der Waals surface area contributed by atoms with E-state index in [0.717, 1.165) is 11.4 Å². The summed E-state index contributed by atoms with van der Waals surface area (Å²) in [6.45, 7) is 8.45. The van der Waals surface area contributed by atoms with E-state index < -0.39 is 0 Å². The van der Waals surface area contributed by atoms with Crippen molar-refractivity contribution >= 4 is 11.8 Å². The van der Waals surface area contributed by atoms with Crippen LogP contribution in [0.5, 0.6) is 0 Å². The van der Waals surface area contributed by atoms with Crippen molar-refractivity contribution in [2.45, 2.75) is 44.0 Å². The van der Waals surface area contributed by atoms with Gasteiger partial charge in [-0.1, -0.05) is 56.8 Å². The van der Waals surface area contributed by atoms with Crippen molar-refractivity contribution in [1.82, 2.24) is 9.97 Å². The predicted octanol–water partition coefficient (Wildman–Crippen LogP) is 3.67. The summed E-state index contributed by atoms with van der Waals surface area (Å²) < 4.78 is 0. The van der Waals surface area contributed by atoms with E-state index in [4.69, 9.17) is 0 Å². The minimum atomic E-state index is -0.0944. The molecule has 106 valence electrons. The van der Waals surface area contributed by atoms with Gasteiger partial charge in [-0.15, -0.1) is 0 Å². The molecule has 1 N–H and O–H groups in total. The van der Waals surface area contributed by atoms with Crippen molar-refractivity contribution in [3.05, 3.63) is 57.5 Å². The van der Waals surface area contributed by atoms with E-state index >= 15 is 0 Å². The van der Waals surface area contributed by atoms with Gasteiger partial charge in [0.05, 0.1) is 0 Å². The summed E-state index contributed by atoms with van der Waals surface area (Å²) in [5, 5.41) is 0.676. The highest BCUT2D eigenvalue weighted by molar-refractivity contribution is 7.98. The summed E-state index contributed by atoms with van der Waals surface area (Å²) in [5.41, 5.74) is 3.39. The zero-order valence-corrected chi connectivity index (χ0v) is 13.2.